The summed E-state index contributed by atoms with van der Waals surface area (Å²) in [6.45, 7) is 2.44. The minimum absolute atomic E-state index is 0.0208. The number of rotatable bonds is 4. The second kappa shape index (κ2) is 7.20. The number of nitrogens with zero attached hydrogens (tertiary/aromatic N) is 1. The van der Waals surface area contributed by atoms with Crippen molar-refractivity contribution in [1.29, 1.82) is 0 Å². The molecule has 2 amide bonds. The van der Waals surface area contributed by atoms with Crippen molar-refractivity contribution in [2.75, 3.05) is 40.0 Å². The summed E-state index contributed by atoms with van der Waals surface area (Å²) in [6, 6.07) is 0.111. The smallest absolute Gasteiger partial charge is 0.246 e. The quantitative estimate of drug-likeness (QED) is 0.712. The molecule has 2 heterocycles. The SMILES string of the molecule is COCC(=O)NC1CCN(C(=O)C2(N)CCOCC2)CC1. The molecule has 0 bridgehead atoms. The molecule has 0 aromatic heterocycles. The zero-order valence-electron chi connectivity index (χ0n) is 12.6. The van der Waals surface area contributed by atoms with Gasteiger partial charge in [-0.25, -0.2) is 0 Å². The van der Waals surface area contributed by atoms with Gasteiger partial charge in [-0.05, 0) is 25.7 Å². The third kappa shape index (κ3) is 4.15. The van der Waals surface area contributed by atoms with Gasteiger partial charge in [-0.3, -0.25) is 9.59 Å². The second-order valence-electron chi connectivity index (χ2n) is 5.84. The largest absolute Gasteiger partial charge is 0.381 e. The number of hydrogen-bond donors (Lipinski definition) is 2. The van der Waals surface area contributed by atoms with Crippen molar-refractivity contribution in [2.24, 2.45) is 5.73 Å². The maximum Gasteiger partial charge on any atom is 0.246 e. The Morgan fingerprint density at radius 1 is 1.33 bits per heavy atom. The Hall–Kier alpha value is -1.18. The Bertz CT molecular complexity index is 374. The lowest BCUT2D eigenvalue weighted by Crippen LogP contribution is -2.60. The van der Waals surface area contributed by atoms with Gasteiger partial charge < -0.3 is 25.4 Å². The first-order chi connectivity index (χ1) is 10.0. The molecular weight excluding hydrogens is 274 g/mol. The van der Waals surface area contributed by atoms with Gasteiger partial charge in [-0.15, -0.1) is 0 Å². The minimum atomic E-state index is -0.773. The van der Waals surface area contributed by atoms with Crippen LogP contribution < -0.4 is 11.1 Å². The van der Waals surface area contributed by atoms with Crippen LogP contribution in [0.5, 0.6) is 0 Å². The van der Waals surface area contributed by atoms with Crippen LogP contribution in [0.15, 0.2) is 0 Å². The van der Waals surface area contributed by atoms with E-state index < -0.39 is 5.54 Å². The van der Waals surface area contributed by atoms with Crippen molar-refractivity contribution in [1.82, 2.24) is 10.2 Å². The van der Waals surface area contributed by atoms with Crippen LogP contribution in [0.1, 0.15) is 25.7 Å². The molecule has 120 valence electrons. The van der Waals surface area contributed by atoms with E-state index in [1.807, 2.05) is 4.90 Å². The summed E-state index contributed by atoms with van der Waals surface area (Å²) in [7, 11) is 1.50. The predicted molar refractivity (Wildman–Crippen MR) is 76.6 cm³/mol. The zero-order valence-corrected chi connectivity index (χ0v) is 12.6. The lowest BCUT2D eigenvalue weighted by Gasteiger charge is -2.40. The molecule has 2 saturated heterocycles. The fraction of sp³-hybridized carbons (Fsp3) is 0.857. The molecule has 2 fully saturated rings. The third-order valence-electron chi connectivity index (χ3n) is 4.23. The van der Waals surface area contributed by atoms with E-state index in [0.717, 1.165) is 12.8 Å². The number of piperidine rings is 1. The van der Waals surface area contributed by atoms with Crippen molar-refractivity contribution < 1.29 is 19.1 Å². The van der Waals surface area contributed by atoms with Crippen LogP contribution in [-0.2, 0) is 19.1 Å². The molecule has 3 N–H and O–H groups in total. The molecule has 2 aliphatic rings. The van der Waals surface area contributed by atoms with Gasteiger partial charge in [0, 0.05) is 39.5 Å². The summed E-state index contributed by atoms with van der Waals surface area (Å²) in [4.78, 5) is 25.8. The lowest BCUT2D eigenvalue weighted by molar-refractivity contribution is -0.141. The average molecular weight is 299 g/mol. The number of nitrogens with two attached hydrogens (primary N) is 1. The molecular formula is C14H25N3O4. The highest BCUT2D eigenvalue weighted by molar-refractivity contribution is 5.86. The van der Waals surface area contributed by atoms with E-state index in [1.165, 1.54) is 7.11 Å². The van der Waals surface area contributed by atoms with Gasteiger partial charge in [0.15, 0.2) is 0 Å². The van der Waals surface area contributed by atoms with Crippen LogP contribution in [0.25, 0.3) is 0 Å². The maximum atomic E-state index is 12.5. The highest BCUT2D eigenvalue weighted by Crippen LogP contribution is 2.22. The first kappa shape index (κ1) is 16.2. The summed E-state index contributed by atoms with van der Waals surface area (Å²) in [5.41, 5.74) is 5.46. The number of hydrogen-bond acceptors (Lipinski definition) is 5. The van der Waals surface area contributed by atoms with E-state index in [4.69, 9.17) is 15.2 Å². The van der Waals surface area contributed by atoms with E-state index in [2.05, 4.69) is 5.32 Å². The molecule has 0 atom stereocenters. The van der Waals surface area contributed by atoms with E-state index in [9.17, 15) is 9.59 Å². The molecule has 0 spiro atoms. The van der Waals surface area contributed by atoms with Crippen molar-refractivity contribution in [3.05, 3.63) is 0 Å². The normalized spacial score (nSPS) is 22.9. The number of carbonyl (C=O) groups excluding carboxylic acids is 2. The average Bonchev–Trinajstić information content (AvgIpc) is 2.48. The van der Waals surface area contributed by atoms with Crippen molar-refractivity contribution in [3.8, 4) is 0 Å². The van der Waals surface area contributed by atoms with Crippen molar-refractivity contribution in [3.63, 3.8) is 0 Å². The molecule has 0 aliphatic carbocycles. The molecule has 0 saturated carbocycles. The van der Waals surface area contributed by atoms with Gasteiger partial charge in [-0.1, -0.05) is 0 Å². The monoisotopic (exact) mass is 299 g/mol. The summed E-state index contributed by atoms with van der Waals surface area (Å²) in [5.74, 6) is -0.0885. The van der Waals surface area contributed by atoms with Crippen molar-refractivity contribution in [2.45, 2.75) is 37.3 Å². The van der Waals surface area contributed by atoms with Crippen molar-refractivity contribution >= 4 is 11.8 Å². The Labute approximate surface area is 125 Å². The summed E-state index contributed by atoms with van der Waals surface area (Å²) >= 11 is 0. The molecule has 7 nitrogen and oxygen atoms in total. The summed E-state index contributed by atoms with van der Waals surface area (Å²) in [6.07, 6.45) is 2.67. The van der Waals surface area contributed by atoms with E-state index in [0.29, 0.717) is 39.1 Å². The number of nitrogens with one attached hydrogen (secondary N) is 1. The maximum absolute atomic E-state index is 12.5. The highest BCUT2D eigenvalue weighted by atomic mass is 16.5. The summed E-state index contributed by atoms with van der Waals surface area (Å²) < 4.78 is 10.1. The highest BCUT2D eigenvalue weighted by Gasteiger charge is 2.39. The number of ether oxygens (including phenoxy) is 2. The van der Waals surface area contributed by atoms with Crippen LogP contribution in [0.3, 0.4) is 0 Å². The number of amides is 2. The van der Waals surface area contributed by atoms with Gasteiger partial charge in [0.1, 0.15) is 6.61 Å². The van der Waals surface area contributed by atoms with Gasteiger partial charge in [0.2, 0.25) is 11.8 Å². The fourth-order valence-corrected chi connectivity index (χ4v) is 2.89. The van der Waals surface area contributed by atoms with Gasteiger partial charge in [0.25, 0.3) is 0 Å². The Morgan fingerprint density at radius 2 is 1.95 bits per heavy atom. The second-order valence-corrected chi connectivity index (χ2v) is 5.84. The molecule has 0 radical (unpaired) electrons. The lowest BCUT2D eigenvalue weighted by atomic mass is 9.88. The molecule has 2 rings (SSSR count). The molecule has 0 aromatic rings. The van der Waals surface area contributed by atoms with Crippen LogP contribution in [0.2, 0.25) is 0 Å². The predicted octanol–water partition coefficient (Wildman–Crippen LogP) is -0.752. The molecule has 21 heavy (non-hydrogen) atoms. The molecule has 0 aromatic carbocycles. The Balaban J connectivity index is 1.80. The van der Waals surface area contributed by atoms with E-state index in [1.54, 1.807) is 0 Å². The van der Waals surface area contributed by atoms with Crippen LogP contribution in [-0.4, -0.2) is 68.3 Å². The van der Waals surface area contributed by atoms with Crippen LogP contribution >= 0.6 is 0 Å². The Morgan fingerprint density at radius 3 is 2.52 bits per heavy atom. The topological polar surface area (TPSA) is 93.9 Å². The zero-order chi connectivity index (χ0) is 15.3. The fourth-order valence-electron chi connectivity index (χ4n) is 2.89. The third-order valence-corrected chi connectivity index (χ3v) is 4.23. The van der Waals surface area contributed by atoms with E-state index >= 15 is 0 Å². The molecule has 0 unspecified atom stereocenters. The summed E-state index contributed by atoms with van der Waals surface area (Å²) in [5, 5.41) is 2.92. The van der Waals surface area contributed by atoms with Crippen LogP contribution in [0.4, 0.5) is 0 Å². The number of methoxy groups -OCH3 is 1. The number of likely N-dealkylation sites (tertiary alicyclic amines) is 1. The first-order valence-corrected chi connectivity index (χ1v) is 7.49. The minimum Gasteiger partial charge on any atom is -0.381 e. The van der Waals surface area contributed by atoms with Gasteiger partial charge in [0.05, 0.1) is 5.54 Å². The first-order valence-electron chi connectivity index (χ1n) is 7.49. The Kier molecular flexibility index (Phi) is 5.55. The standard InChI is InChI=1S/C14H25N3O4/c1-20-10-12(18)16-11-2-6-17(7-3-11)13(19)14(15)4-8-21-9-5-14/h11H,2-10,15H2,1H3,(H,16,18). The molecule has 2 aliphatic heterocycles. The van der Waals surface area contributed by atoms with Crippen LogP contribution in [0, 0.1) is 0 Å². The molecule has 7 heteroatoms. The number of carbonyl (C=O) groups is 2. The van der Waals surface area contributed by atoms with E-state index in [-0.39, 0.29) is 24.5 Å². The van der Waals surface area contributed by atoms with Gasteiger partial charge >= 0.3 is 0 Å². The van der Waals surface area contributed by atoms with Gasteiger partial charge in [-0.2, -0.15) is 0 Å².